The average molecular weight is 940 g/mol. The smallest absolute Gasteiger partial charge is 0.329 e. The quantitative estimate of drug-likeness (QED) is 0.0274. The van der Waals surface area contributed by atoms with Crippen LogP contribution in [0.1, 0.15) is 29.8 Å². The first-order valence-corrected chi connectivity index (χ1v) is 15.0. The third-order valence-electron chi connectivity index (χ3n) is 6.42. The fraction of sp³-hybridized carbons (Fsp3) is 0.152. The number of para-hydroxylation sites is 1. The molecule has 0 aliphatic heterocycles. The summed E-state index contributed by atoms with van der Waals surface area (Å²) in [6.07, 6.45) is 2.66. The Bertz CT molecular complexity index is 1840. The van der Waals surface area contributed by atoms with Gasteiger partial charge in [0.15, 0.2) is 5.78 Å². The summed E-state index contributed by atoms with van der Waals surface area (Å²) in [5, 5.41) is 23.9. The first kappa shape index (κ1) is 39.1. The SMILES string of the molecule is CC.O=[C-]NCC(=O)NCC(=O)NCC(=O)N(c1ccc(NC=O)cc1)c1ncc([N+](=O)[O-])c(Nc2ccccc2C(=O)c2ccccc2)n1.[Fm]. The Morgan fingerprint density at radius 1 is 0.882 bits per heavy atom. The van der Waals surface area contributed by atoms with E-state index in [2.05, 4.69) is 31.2 Å². The van der Waals surface area contributed by atoms with Crippen molar-refractivity contribution in [2.24, 2.45) is 0 Å². The van der Waals surface area contributed by atoms with E-state index < -0.39 is 48.0 Å². The number of nitrogens with one attached hydrogen (secondary N) is 5. The number of hydrogen-bond acceptors (Lipinski definition) is 11. The monoisotopic (exact) mass is 939 g/mol. The van der Waals surface area contributed by atoms with Gasteiger partial charge < -0.3 is 31.4 Å². The number of benzene rings is 3. The molecule has 5 amide bonds. The van der Waals surface area contributed by atoms with E-state index in [1.54, 1.807) is 48.5 Å². The third kappa shape index (κ3) is 10.7. The normalized spacial score (nSPS) is 9.69. The van der Waals surface area contributed by atoms with Gasteiger partial charge in [-0.2, -0.15) is 11.4 Å². The third-order valence-corrected chi connectivity index (χ3v) is 6.42. The number of rotatable bonds is 16. The fourth-order valence-corrected chi connectivity index (χ4v) is 4.18. The number of anilines is 5. The predicted molar refractivity (Wildman–Crippen MR) is 183 cm³/mol. The summed E-state index contributed by atoms with van der Waals surface area (Å²) < 4.78 is 0. The minimum absolute atomic E-state index is 0. The van der Waals surface area contributed by atoms with Crippen LogP contribution in [0.5, 0.6) is 0 Å². The van der Waals surface area contributed by atoms with Crippen LogP contribution in [-0.4, -0.2) is 70.9 Å². The zero-order valence-corrected chi connectivity index (χ0v) is 29.5. The number of carbonyl (C=O) groups excluding carboxylic acids is 6. The summed E-state index contributed by atoms with van der Waals surface area (Å²) in [6, 6.07) is 20.5. The Morgan fingerprint density at radius 3 is 2.16 bits per heavy atom. The fourth-order valence-electron chi connectivity index (χ4n) is 4.18. The van der Waals surface area contributed by atoms with Gasteiger partial charge in [-0.1, -0.05) is 56.3 Å². The van der Waals surface area contributed by atoms with Crippen LogP contribution >= 0.6 is 0 Å². The van der Waals surface area contributed by atoms with Gasteiger partial charge in [-0.15, -0.1) is 0 Å². The van der Waals surface area contributed by atoms with Gasteiger partial charge in [-0.3, -0.25) is 34.1 Å². The van der Waals surface area contributed by atoms with Crippen LogP contribution in [0.25, 0.3) is 0 Å². The molecule has 270 valence electrons. The Kier molecular flexibility index (Phi) is 15.0. The van der Waals surface area contributed by atoms with Crippen LogP contribution in [-0.2, 0) is 24.0 Å². The predicted octanol–water partition coefficient (Wildman–Crippen LogP) is 2.51. The second-order valence-electron chi connectivity index (χ2n) is 9.57. The van der Waals surface area contributed by atoms with Gasteiger partial charge in [0, 0.05) is 16.8 Å². The minimum Gasteiger partial charge on any atom is -0.522 e. The molecule has 1 aromatic heterocycles. The molecule has 0 fully saturated rings. The average Bonchev–Trinajstić information content (AvgIpc) is 3.14. The van der Waals surface area contributed by atoms with Crippen LogP contribution in [0.2, 0.25) is 0 Å². The molecule has 0 atom stereocenters. The summed E-state index contributed by atoms with van der Waals surface area (Å²) in [5.41, 5.74) is 0.750. The van der Waals surface area contributed by atoms with Gasteiger partial charge in [0.1, 0.15) is 6.20 Å². The number of nitro groups is 1. The standard InChI is InChI=1S/C31H26N9O8.C2H6.Fm/c41-18-32-15-26(43)33-16-27(44)34-17-28(45)39(22-12-10-21(11-13-22)36-19-42)31-35-14-25(40(47)48)30(38-31)37-24-9-5-4-8-23(24)29(46)20-6-2-1-3-7-20;1-2;/h1-14,19H,15-17H2,(H,32,41)(H,33,43)(H,34,44)(H,36,42)(H,35,37,38);1-2H3;/q-1;;. The van der Waals surface area contributed by atoms with Crippen molar-refractivity contribution in [3.8, 4) is 0 Å². The molecule has 4 aromatic rings. The van der Waals surface area contributed by atoms with Gasteiger partial charge in [0.2, 0.25) is 30.0 Å². The molecule has 0 aliphatic carbocycles. The molecule has 17 nitrogen and oxygen atoms in total. The molecule has 0 aliphatic rings. The molecular weight excluding hydrogens is 907 g/mol. The van der Waals surface area contributed by atoms with Crippen molar-refractivity contribution < 1.29 is 33.7 Å². The Labute approximate surface area is 285 Å². The molecule has 4 rings (SSSR count). The van der Waals surface area contributed by atoms with Crippen molar-refractivity contribution in [3.63, 3.8) is 0 Å². The molecule has 0 unspecified atom stereocenters. The molecule has 0 radical (unpaired) electrons. The molecule has 0 bridgehead atoms. The van der Waals surface area contributed by atoms with Gasteiger partial charge in [-0.25, -0.2) is 9.88 Å². The molecule has 3 aromatic carbocycles. The number of ketones is 1. The first-order valence-electron chi connectivity index (χ1n) is 15.0. The summed E-state index contributed by atoms with van der Waals surface area (Å²) in [4.78, 5) is 92.4. The number of aromatic nitrogens is 2. The number of nitrogens with zero attached hydrogens (tertiary/aromatic N) is 4. The molecule has 0 saturated carbocycles. The van der Waals surface area contributed by atoms with Crippen LogP contribution in [0.3, 0.4) is 0 Å². The van der Waals surface area contributed by atoms with Crippen molar-refractivity contribution in [3.05, 3.63) is 106 Å². The van der Waals surface area contributed by atoms with E-state index in [-0.39, 0.29) is 34.5 Å². The van der Waals surface area contributed by atoms with Crippen molar-refractivity contribution >= 4 is 70.8 Å². The molecule has 0 saturated heterocycles. The van der Waals surface area contributed by atoms with E-state index in [1.165, 1.54) is 36.7 Å². The molecule has 1 heterocycles. The first-order chi connectivity index (χ1) is 24.2. The topological polar surface area (TPSA) is 235 Å². The van der Waals surface area contributed by atoms with E-state index in [4.69, 9.17) is 0 Å². The Morgan fingerprint density at radius 2 is 1.51 bits per heavy atom. The Hall–Kier alpha value is -8.04. The molecule has 5 N–H and O–H groups in total. The van der Waals surface area contributed by atoms with E-state index >= 15 is 0 Å². The zero-order chi connectivity index (χ0) is 36.5. The number of hydrogen-bond donors (Lipinski definition) is 5. The largest absolute Gasteiger partial charge is 0.522 e. The van der Waals surface area contributed by atoms with Crippen LogP contribution in [0.4, 0.5) is 34.5 Å². The number of amides is 5. The van der Waals surface area contributed by atoms with Crippen LogP contribution in [0, 0.1) is 10.1 Å². The maximum Gasteiger partial charge on any atom is 0.329 e. The summed E-state index contributed by atoms with van der Waals surface area (Å²) in [6.45, 7) is 2.46. The van der Waals surface area contributed by atoms with Gasteiger partial charge in [0.05, 0.1) is 35.9 Å². The van der Waals surface area contributed by atoms with E-state index in [1.807, 2.05) is 19.2 Å². The van der Waals surface area contributed by atoms with Crippen molar-refractivity contribution in [2.45, 2.75) is 13.8 Å². The van der Waals surface area contributed by atoms with E-state index in [0.29, 0.717) is 17.7 Å². The summed E-state index contributed by atoms with van der Waals surface area (Å²) in [7, 11) is 0. The zero-order valence-electron chi connectivity index (χ0n) is 27.1. The van der Waals surface area contributed by atoms with E-state index in [9.17, 15) is 38.9 Å². The van der Waals surface area contributed by atoms with Gasteiger partial charge in [0.25, 0.3) is 5.91 Å². The maximum absolute atomic E-state index is 13.5. The molecule has 0 spiro atoms. The van der Waals surface area contributed by atoms with E-state index in [0.717, 1.165) is 11.1 Å². The second kappa shape index (κ2) is 19.6. The minimum atomic E-state index is -0.789. The van der Waals surface area contributed by atoms with Crippen molar-refractivity contribution in [1.82, 2.24) is 25.9 Å². The van der Waals surface area contributed by atoms with Crippen molar-refractivity contribution in [2.75, 3.05) is 35.2 Å². The van der Waals surface area contributed by atoms with Crippen molar-refractivity contribution in [1.29, 1.82) is 0 Å². The Balaban J connectivity index is 0.00000295. The van der Waals surface area contributed by atoms with Crippen LogP contribution < -0.4 is 31.5 Å². The summed E-state index contributed by atoms with van der Waals surface area (Å²) in [5.74, 6) is -3.25. The van der Waals surface area contributed by atoms with Gasteiger partial charge in [-0.05, 0) is 36.4 Å². The summed E-state index contributed by atoms with van der Waals surface area (Å²) >= 11 is 0. The molecule has 18 heteroatoms. The second-order valence-corrected chi connectivity index (χ2v) is 9.57. The molecular formula is C33H32FmN9O8-. The number of carbonyl (C=O) groups is 5. The van der Waals surface area contributed by atoms with Gasteiger partial charge >= 0.3 is 5.69 Å². The molecule has 51 heavy (non-hydrogen) atoms. The maximum atomic E-state index is 13.5. The van der Waals surface area contributed by atoms with Crippen LogP contribution in [0.15, 0.2) is 85.1 Å².